The van der Waals surface area contributed by atoms with Crippen LogP contribution >= 0.6 is 0 Å². The van der Waals surface area contributed by atoms with Crippen LogP contribution in [0.25, 0.3) is 11.3 Å². The number of rotatable bonds is 10. The van der Waals surface area contributed by atoms with Gasteiger partial charge in [0.1, 0.15) is 4.90 Å². The second-order valence-electron chi connectivity index (χ2n) is 12.5. The molecule has 2 aromatic rings. The molecule has 4 rings (SSSR count). The number of nitrogens with zero attached hydrogens (tertiary/aromatic N) is 2. The highest BCUT2D eigenvalue weighted by Gasteiger charge is 2.39. The fraction of sp³-hybridized carbons (Fsp3) is 0.655. The average Bonchev–Trinajstić information content (AvgIpc) is 3.24. The van der Waals surface area contributed by atoms with Crippen LogP contribution in [0.2, 0.25) is 0 Å². The van der Waals surface area contributed by atoms with E-state index in [0.29, 0.717) is 50.8 Å². The molecule has 1 aromatic heterocycles. The Bertz CT molecular complexity index is 1490. The van der Waals surface area contributed by atoms with Crippen molar-refractivity contribution in [2.45, 2.75) is 87.9 Å². The summed E-state index contributed by atoms with van der Waals surface area (Å²) >= 11 is 0. The Morgan fingerprint density at radius 3 is 2.19 bits per heavy atom. The number of ether oxygens (including phenoxy) is 1. The number of halogens is 3. The van der Waals surface area contributed by atoms with E-state index in [1.165, 1.54) is 12.1 Å². The number of aromatic nitrogens is 1. The molecule has 43 heavy (non-hydrogen) atoms. The summed E-state index contributed by atoms with van der Waals surface area (Å²) in [6.45, 7) is 10.0. The molecule has 2 heterocycles. The Balaban J connectivity index is 1.75. The van der Waals surface area contributed by atoms with Crippen molar-refractivity contribution in [2.75, 3.05) is 39.4 Å². The first-order valence-corrected chi connectivity index (χ1v) is 17.7. The summed E-state index contributed by atoms with van der Waals surface area (Å²) in [5.74, 6) is 0.251. The van der Waals surface area contributed by atoms with Gasteiger partial charge in [0.25, 0.3) is 0 Å². The first-order chi connectivity index (χ1) is 20.0. The number of hydrogen-bond donors (Lipinski definition) is 2. The Morgan fingerprint density at radius 2 is 1.58 bits per heavy atom. The van der Waals surface area contributed by atoms with Gasteiger partial charge in [0.2, 0.25) is 20.0 Å². The summed E-state index contributed by atoms with van der Waals surface area (Å²) in [5, 5.41) is 0. The minimum atomic E-state index is -4.97. The summed E-state index contributed by atoms with van der Waals surface area (Å²) in [5.41, 5.74) is -1.48. The number of morpholine rings is 1. The van der Waals surface area contributed by atoms with Crippen LogP contribution in [0.4, 0.5) is 13.2 Å². The van der Waals surface area contributed by atoms with Gasteiger partial charge in [-0.3, -0.25) is 4.90 Å². The van der Waals surface area contributed by atoms with Crippen molar-refractivity contribution in [3.8, 4) is 11.3 Å². The molecule has 1 aromatic carbocycles. The molecule has 0 radical (unpaired) electrons. The van der Waals surface area contributed by atoms with Crippen LogP contribution in [-0.4, -0.2) is 71.2 Å². The lowest BCUT2D eigenvalue weighted by atomic mass is 9.89. The number of alkyl halides is 3. The lowest BCUT2D eigenvalue weighted by Gasteiger charge is -2.26. The maximum absolute atomic E-state index is 14.3. The quantitative estimate of drug-likeness (QED) is 0.385. The zero-order chi connectivity index (χ0) is 31.6. The third-order valence-electron chi connectivity index (χ3n) is 7.91. The van der Waals surface area contributed by atoms with Crippen LogP contribution in [-0.2, 0) is 37.5 Å². The van der Waals surface area contributed by atoms with Crippen molar-refractivity contribution < 1.29 is 34.7 Å². The van der Waals surface area contributed by atoms with E-state index < -0.39 is 42.2 Å². The summed E-state index contributed by atoms with van der Waals surface area (Å²) in [4.78, 5) is 1.22. The molecule has 2 fully saturated rings. The number of benzene rings is 1. The normalized spacial score (nSPS) is 18.3. The minimum Gasteiger partial charge on any atom is -0.379 e. The molecule has 0 atom stereocenters. The van der Waals surface area contributed by atoms with Crippen LogP contribution < -0.4 is 9.44 Å². The van der Waals surface area contributed by atoms with Crippen molar-refractivity contribution in [1.29, 1.82) is 0 Å². The molecule has 1 saturated carbocycles. The largest absolute Gasteiger partial charge is 0.417 e. The topological polar surface area (TPSA) is 110 Å². The predicted molar refractivity (Wildman–Crippen MR) is 159 cm³/mol. The van der Waals surface area contributed by atoms with Gasteiger partial charge in [0.15, 0.2) is 0 Å². The zero-order valence-electron chi connectivity index (χ0n) is 25.3. The molecule has 1 saturated heterocycles. The zero-order valence-corrected chi connectivity index (χ0v) is 26.9. The summed E-state index contributed by atoms with van der Waals surface area (Å²) in [6.07, 6.45) is 0.124. The van der Waals surface area contributed by atoms with Gasteiger partial charge in [0.05, 0.1) is 23.7 Å². The fourth-order valence-corrected chi connectivity index (χ4v) is 8.75. The molecule has 1 aliphatic heterocycles. The number of nitrogens with one attached hydrogen (secondary N) is 2. The Kier molecular flexibility index (Phi) is 10.4. The predicted octanol–water partition coefficient (Wildman–Crippen LogP) is 4.75. The maximum atomic E-state index is 14.3. The first-order valence-electron chi connectivity index (χ1n) is 14.7. The Labute approximate surface area is 253 Å². The molecule has 14 heteroatoms. The SMILES string of the molecule is Cc1c(S(=O)(=O)NCCN2CCOCC2)cc(-c2ccc(S(=O)(=O)NC(C)(C)C)c(C(F)(F)F)c2)n1CC1CCCCC1. The second-order valence-corrected chi connectivity index (χ2v) is 15.9. The Hall–Kier alpha value is -1.97. The summed E-state index contributed by atoms with van der Waals surface area (Å²) in [7, 11) is -8.49. The van der Waals surface area contributed by atoms with Gasteiger partial charge in [-0.05, 0) is 70.2 Å². The fourth-order valence-electron chi connectivity index (χ4n) is 5.84. The van der Waals surface area contributed by atoms with E-state index in [2.05, 4.69) is 14.3 Å². The third kappa shape index (κ3) is 8.60. The van der Waals surface area contributed by atoms with E-state index >= 15 is 0 Å². The molecular formula is C29H43F3N4O5S2. The van der Waals surface area contributed by atoms with Gasteiger partial charge < -0.3 is 9.30 Å². The van der Waals surface area contributed by atoms with Gasteiger partial charge in [-0.1, -0.05) is 25.3 Å². The van der Waals surface area contributed by atoms with Crippen molar-refractivity contribution in [3.63, 3.8) is 0 Å². The highest BCUT2D eigenvalue weighted by molar-refractivity contribution is 7.89. The molecule has 9 nitrogen and oxygen atoms in total. The second kappa shape index (κ2) is 13.2. The van der Waals surface area contributed by atoms with Crippen molar-refractivity contribution in [2.24, 2.45) is 5.92 Å². The molecular weight excluding hydrogens is 605 g/mol. The smallest absolute Gasteiger partial charge is 0.379 e. The monoisotopic (exact) mass is 648 g/mol. The van der Waals surface area contributed by atoms with E-state index in [1.54, 1.807) is 32.3 Å². The van der Waals surface area contributed by atoms with E-state index in [4.69, 9.17) is 4.74 Å². The molecule has 2 aliphatic rings. The van der Waals surface area contributed by atoms with Crippen molar-refractivity contribution in [1.82, 2.24) is 18.9 Å². The molecule has 0 bridgehead atoms. The minimum absolute atomic E-state index is 0.0000529. The van der Waals surface area contributed by atoms with Crippen molar-refractivity contribution >= 4 is 20.0 Å². The molecule has 0 spiro atoms. The maximum Gasteiger partial charge on any atom is 0.417 e. The first kappa shape index (κ1) is 33.9. The van der Waals surface area contributed by atoms with Crippen LogP contribution in [0.5, 0.6) is 0 Å². The molecule has 1 aliphatic carbocycles. The van der Waals surface area contributed by atoms with Gasteiger partial charge in [-0.25, -0.2) is 26.3 Å². The van der Waals surface area contributed by atoms with Crippen LogP contribution in [0, 0.1) is 12.8 Å². The third-order valence-corrected chi connectivity index (χ3v) is 11.3. The van der Waals surface area contributed by atoms with Gasteiger partial charge >= 0.3 is 6.18 Å². The van der Waals surface area contributed by atoms with Crippen molar-refractivity contribution in [3.05, 3.63) is 35.5 Å². The number of sulfonamides is 2. The summed E-state index contributed by atoms with van der Waals surface area (Å²) < 4.78 is 108. The highest BCUT2D eigenvalue weighted by atomic mass is 32.2. The van der Waals surface area contributed by atoms with Crippen LogP contribution in [0.15, 0.2) is 34.1 Å². The standard InChI is InChI=1S/C29H43F3N4O5S2/c1-21-27(42(37,38)33-12-13-35-14-16-41-17-15-35)19-25(36(21)20-22-8-6-5-7-9-22)23-10-11-26(24(18-23)29(30,31)32)43(39,40)34-28(2,3)4/h10-11,18-19,22,33-34H,5-9,12-17,20H2,1-4H3. The summed E-state index contributed by atoms with van der Waals surface area (Å²) in [6, 6.07) is 4.49. The lowest BCUT2D eigenvalue weighted by Crippen LogP contribution is -2.41. The molecule has 0 amide bonds. The van der Waals surface area contributed by atoms with Gasteiger partial charge in [-0.2, -0.15) is 13.2 Å². The lowest BCUT2D eigenvalue weighted by molar-refractivity contribution is -0.139. The molecule has 2 N–H and O–H groups in total. The van der Waals surface area contributed by atoms with E-state index in [9.17, 15) is 30.0 Å². The molecule has 242 valence electrons. The van der Waals surface area contributed by atoms with Crippen LogP contribution in [0.1, 0.15) is 64.1 Å². The molecule has 0 unspecified atom stereocenters. The Morgan fingerprint density at radius 1 is 0.930 bits per heavy atom. The van der Waals surface area contributed by atoms with Gasteiger partial charge in [-0.15, -0.1) is 0 Å². The van der Waals surface area contributed by atoms with E-state index in [0.717, 1.165) is 44.2 Å². The van der Waals surface area contributed by atoms with E-state index in [1.807, 2.05) is 0 Å². The average molecular weight is 649 g/mol. The highest BCUT2D eigenvalue weighted by Crippen LogP contribution is 2.39. The van der Waals surface area contributed by atoms with Gasteiger partial charge in [0, 0.05) is 49.7 Å². The number of hydrogen-bond acceptors (Lipinski definition) is 6. The van der Waals surface area contributed by atoms with Crippen LogP contribution in [0.3, 0.4) is 0 Å². The van der Waals surface area contributed by atoms with E-state index in [-0.39, 0.29) is 22.9 Å².